The molecule has 2 rings (SSSR count). The van der Waals surface area contributed by atoms with Crippen molar-refractivity contribution in [2.75, 3.05) is 0 Å². The van der Waals surface area contributed by atoms with Crippen LogP contribution in [0.4, 0.5) is 4.79 Å². The van der Waals surface area contributed by atoms with Gasteiger partial charge in [0, 0.05) is 0 Å². The lowest BCUT2D eigenvalue weighted by molar-refractivity contribution is -0.146. The fourth-order valence-corrected chi connectivity index (χ4v) is 2.59. The predicted molar refractivity (Wildman–Crippen MR) is 67.5 cm³/mol. The number of carbonyl (C=O) groups excluding carboxylic acids is 1. The molecule has 2 unspecified atom stereocenters. The Morgan fingerprint density at radius 2 is 2.35 bits per heavy atom. The van der Waals surface area contributed by atoms with E-state index in [0.29, 0.717) is 18.7 Å². The summed E-state index contributed by atoms with van der Waals surface area (Å²) in [6.45, 7) is 2.09. The highest BCUT2D eigenvalue weighted by Gasteiger charge is 2.43. The van der Waals surface area contributed by atoms with Crippen molar-refractivity contribution >= 4 is 12.0 Å². The van der Waals surface area contributed by atoms with Crippen LogP contribution in [0.25, 0.3) is 0 Å². The van der Waals surface area contributed by atoms with E-state index in [-0.39, 0.29) is 12.5 Å². The number of aromatic nitrogens is 4. The molecule has 0 aromatic carbocycles. The van der Waals surface area contributed by atoms with Crippen molar-refractivity contribution in [3.63, 3.8) is 0 Å². The first-order valence-corrected chi connectivity index (χ1v) is 6.53. The average molecular weight is 282 g/mol. The Balaban J connectivity index is 1.94. The molecular formula is C11H18N6O3. The molecule has 1 aromatic heterocycles. The van der Waals surface area contributed by atoms with Crippen molar-refractivity contribution in [1.29, 1.82) is 0 Å². The molecule has 2 amide bonds. The Bertz CT molecular complexity index is 477. The molecule has 1 aliphatic carbocycles. The van der Waals surface area contributed by atoms with Crippen LogP contribution in [0.5, 0.6) is 0 Å². The molecule has 1 aliphatic rings. The number of aliphatic carboxylic acids is 1. The van der Waals surface area contributed by atoms with Crippen molar-refractivity contribution in [2.24, 2.45) is 5.92 Å². The number of nitrogens with one attached hydrogen (secondary N) is 3. The van der Waals surface area contributed by atoms with E-state index >= 15 is 0 Å². The number of H-pyrrole nitrogens is 1. The van der Waals surface area contributed by atoms with E-state index in [1.165, 1.54) is 0 Å². The van der Waals surface area contributed by atoms with Crippen molar-refractivity contribution in [2.45, 2.75) is 44.7 Å². The van der Waals surface area contributed by atoms with Crippen LogP contribution in [0.1, 0.15) is 38.4 Å². The zero-order chi connectivity index (χ0) is 14.6. The molecule has 0 radical (unpaired) electrons. The molecular weight excluding hydrogens is 264 g/mol. The van der Waals surface area contributed by atoms with E-state index in [1.54, 1.807) is 0 Å². The maximum Gasteiger partial charge on any atom is 0.329 e. The number of urea groups is 1. The highest BCUT2D eigenvalue weighted by Crippen LogP contribution is 2.32. The highest BCUT2D eigenvalue weighted by molar-refractivity contribution is 5.86. The Labute approximate surface area is 115 Å². The minimum Gasteiger partial charge on any atom is -0.480 e. The zero-order valence-electron chi connectivity index (χ0n) is 11.2. The Hall–Kier alpha value is -2.19. The molecule has 0 aliphatic heterocycles. The number of amides is 2. The quantitative estimate of drug-likeness (QED) is 0.616. The van der Waals surface area contributed by atoms with Gasteiger partial charge in [0.2, 0.25) is 0 Å². The van der Waals surface area contributed by atoms with Crippen molar-refractivity contribution < 1.29 is 14.7 Å². The molecule has 0 bridgehead atoms. The molecule has 20 heavy (non-hydrogen) atoms. The van der Waals surface area contributed by atoms with E-state index in [9.17, 15) is 14.7 Å². The minimum absolute atomic E-state index is 0.0909. The van der Waals surface area contributed by atoms with Crippen LogP contribution in [-0.2, 0) is 11.3 Å². The standard InChI is InChI=1S/C11H18N6O3/c1-7-3-2-4-11(5-7,9(18)19)13-10(20)12-6-8-14-16-17-15-8/h7H,2-6H2,1H3,(H,18,19)(H2,12,13,20)(H,14,15,16,17). The second-order valence-corrected chi connectivity index (χ2v) is 5.22. The van der Waals surface area contributed by atoms with Gasteiger partial charge in [0.05, 0.1) is 6.54 Å². The normalized spacial score (nSPS) is 25.9. The monoisotopic (exact) mass is 282 g/mol. The molecule has 2 atom stereocenters. The van der Waals surface area contributed by atoms with Gasteiger partial charge in [-0.2, -0.15) is 5.21 Å². The van der Waals surface area contributed by atoms with Gasteiger partial charge >= 0.3 is 12.0 Å². The second kappa shape index (κ2) is 5.85. The van der Waals surface area contributed by atoms with Crippen LogP contribution >= 0.6 is 0 Å². The third-order valence-corrected chi connectivity index (χ3v) is 3.56. The number of carboxylic acid groups (broad SMARTS) is 1. The average Bonchev–Trinajstić information content (AvgIpc) is 2.89. The van der Waals surface area contributed by atoms with Gasteiger partial charge in [-0.1, -0.05) is 25.0 Å². The van der Waals surface area contributed by atoms with Gasteiger partial charge in [-0.25, -0.2) is 9.59 Å². The molecule has 9 nitrogen and oxygen atoms in total. The van der Waals surface area contributed by atoms with Gasteiger partial charge in [-0.15, -0.1) is 10.2 Å². The lowest BCUT2D eigenvalue weighted by Crippen LogP contribution is -2.59. The molecule has 9 heteroatoms. The molecule has 1 fully saturated rings. The fraction of sp³-hybridized carbons (Fsp3) is 0.727. The van der Waals surface area contributed by atoms with Gasteiger partial charge in [0.25, 0.3) is 0 Å². The van der Waals surface area contributed by atoms with E-state index < -0.39 is 17.5 Å². The van der Waals surface area contributed by atoms with Gasteiger partial charge in [0.15, 0.2) is 5.82 Å². The molecule has 1 heterocycles. The number of hydrogen-bond donors (Lipinski definition) is 4. The van der Waals surface area contributed by atoms with Crippen molar-refractivity contribution in [3.8, 4) is 0 Å². The van der Waals surface area contributed by atoms with E-state index in [4.69, 9.17) is 0 Å². The van der Waals surface area contributed by atoms with Gasteiger partial charge < -0.3 is 15.7 Å². The summed E-state index contributed by atoms with van der Waals surface area (Å²) in [5.74, 6) is -0.377. The lowest BCUT2D eigenvalue weighted by atomic mass is 9.76. The zero-order valence-corrected chi connectivity index (χ0v) is 11.2. The number of tetrazole rings is 1. The molecule has 0 spiro atoms. The van der Waals surface area contributed by atoms with E-state index in [1.807, 2.05) is 6.92 Å². The first-order chi connectivity index (χ1) is 9.52. The molecule has 4 N–H and O–H groups in total. The Morgan fingerprint density at radius 1 is 1.55 bits per heavy atom. The summed E-state index contributed by atoms with van der Waals surface area (Å²) in [5, 5.41) is 27.6. The second-order valence-electron chi connectivity index (χ2n) is 5.22. The number of carbonyl (C=O) groups is 2. The number of carboxylic acids is 1. The summed E-state index contributed by atoms with van der Waals surface area (Å²) in [7, 11) is 0. The largest absolute Gasteiger partial charge is 0.480 e. The summed E-state index contributed by atoms with van der Waals surface area (Å²) >= 11 is 0. The van der Waals surface area contributed by atoms with Crippen LogP contribution in [0.2, 0.25) is 0 Å². The van der Waals surface area contributed by atoms with Crippen LogP contribution in [0.15, 0.2) is 0 Å². The molecule has 1 saturated carbocycles. The number of hydrogen-bond acceptors (Lipinski definition) is 5. The fourth-order valence-electron chi connectivity index (χ4n) is 2.59. The smallest absolute Gasteiger partial charge is 0.329 e. The Morgan fingerprint density at radius 3 is 2.95 bits per heavy atom. The maximum atomic E-state index is 11.9. The third-order valence-electron chi connectivity index (χ3n) is 3.56. The number of rotatable bonds is 4. The first kappa shape index (κ1) is 14.2. The van der Waals surface area contributed by atoms with E-state index in [2.05, 4.69) is 31.3 Å². The van der Waals surface area contributed by atoms with Crippen LogP contribution in [-0.4, -0.2) is 43.3 Å². The molecule has 110 valence electrons. The summed E-state index contributed by atoms with van der Waals surface area (Å²) in [6, 6.07) is -0.536. The number of aromatic amines is 1. The summed E-state index contributed by atoms with van der Waals surface area (Å²) < 4.78 is 0. The topological polar surface area (TPSA) is 133 Å². The summed E-state index contributed by atoms with van der Waals surface area (Å²) in [6.07, 6.45) is 2.67. The summed E-state index contributed by atoms with van der Waals surface area (Å²) in [5.41, 5.74) is -1.18. The van der Waals surface area contributed by atoms with Crippen LogP contribution < -0.4 is 10.6 Å². The molecule has 0 saturated heterocycles. The van der Waals surface area contributed by atoms with Gasteiger partial charge in [0.1, 0.15) is 5.54 Å². The lowest BCUT2D eigenvalue weighted by Gasteiger charge is -2.36. The molecule has 1 aromatic rings. The third kappa shape index (κ3) is 3.22. The maximum absolute atomic E-state index is 11.9. The number of nitrogens with zero attached hydrogens (tertiary/aromatic N) is 3. The minimum atomic E-state index is -1.18. The van der Waals surface area contributed by atoms with Crippen LogP contribution in [0, 0.1) is 5.92 Å². The van der Waals surface area contributed by atoms with Gasteiger partial charge in [-0.05, 0) is 18.8 Å². The van der Waals surface area contributed by atoms with Gasteiger partial charge in [-0.3, -0.25) is 0 Å². The predicted octanol–water partition coefficient (Wildman–Crippen LogP) is 0.0324. The SMILES string of the molecule is CC1CCCC(NC(=O)NCc2nn[nH]n2)(C(=O)O)C1. The highest BCUT2D eigenvalue weighted by atomic mass is 16.4. The Kier molecular flexibility index (Phi) is 4.16. The first-order valence-electron chi connectivity index (χ1n) is 6.53. The van der Waals surface area contributed by atoms with Crippen molar-refractivity contribution in [1.82, 2.24) is 31.3 Å². The van der Waals surface area contributed by atoms with Crippen molar-refractivity contribution in [3.05, 3.63) is 5.82 Å². The van der Waals surface area contributed by atoms with Crippen LogP contribution in [0.3, 0.4) is 0 Å². The summed E-state index contributed by atoms with van der Waals surface area (Å²) in [4.78, 5) is 23.4. The van der Waals surface area contributed by atoms with E-state index in [0.717, 1.165) is 12.8 Å².